The van der Waals surface area contributed by atoms with Crippen molar-refractivity contribution in [3.8, 4) is 11.5 Å². The molecule has 14 heavy (non-hydrogen) atoms. The first kappa shape index (κ1) is 10.9. The van der Waals surface area contributed by atoms with E-state index in [2.05, 4.69) is 0 Å². The van der Waals surface area contributed by atoms with Gasteiger partial charge in [-0.15, -0.1) is 0 Å². The van der Waals surface area contributed by atoms with Crippen molar-refractivity contribution in [2.45, 2.75) is 0 Å². The van der Waals surface area contributed by atoms with E-state index in [-0.39, 0.29) is 21.4 Å². The molecule has 76 valence electrons. The minimum atomic E-state index is -1.32. The molecular weight excluding hydrogens is 231 g/mol. The van der Waals surface area contributed by atoms with Crippen molar-refractivity contribution >= 4 is 29.2 Å². The third kappa shape index (κ3) is 1.71. The first-order chi connectivity index (χ1) is 6.49. The highest BCUT2D eigenvalue weighted by atomic mass is 35.5. The van der Waals surface area contributed by atoms with Crippen LogP contribution in [0.25, 0.3) is 0 Å². The summed E-state index contributed by atoms with van der Waals surface area (Å²) >= 11 is 11.2. The highest BCUT2D eigenvalue weighted by Crippen LogP contribution is 2.39. The molecule has 1 aromatic carbocycles. The lowest BCUT2D eigenvalue weighted by atomic mass is 10.2. The zero-order chi connectivity index (χ0) is 10.9. The monoisotopic (exact) mass is 236 g/mol. The van der Waals surface area contributed by atoms with E-state index >= 15 is 0 Å². The molecule has 0 aromatic heterocycles. The molecule has 1 aromatic rings. The molecule has 4 nitrogen and oxygen atoms in total. The number of halogens is 2. The maximum absolute atomic E-state index is 10.8. The second kappa shape index (κ2) is 3.94. The van der Waals surface area contributed by atoms with Crippen LogP contribution in [-0.2, 0) is 0 Å². The van der Waals surface area contributed by atoms with E-state index in [1.807, 2.05) is 0 Å². The SMILES string of the molecule is COc1c(Cl)cc(O)c(Cl)c1C(=O)O. The number of rotatable bonds is 2. The number of hydrogen-bond donors (Lipinski definition) is 2. The lowest BCUT2D eigenvalue weighted by Gasteiger charge is -2.09. The standard InChI is InChI=1S/C8H6Cl2O4/c1-14-7-3(9)2-4(11)6(10)5(7)8(12)13/h2,11H,1H3,(H,12,13). The average Bonchev–Trinajstić information content (AvgIpc) is 2.10. The Kier molecular flexibility index (Phi) is 3.08. The van der Waals surface area contributed by atoms with Crippen LogP contribution in [0.5, 0.6) is 11.5 Å². The van der Waals surface area contributed by atoms with Crippen LogP contribution in [0, 0.1) is 0 Å². The molecule has 0 spiro atoms. The van der Waals surface area contributed by atoms with E-state index < -0.39 is 11.7 Å². The Morgan fingerprint density at radius 3 is 2.50 bits per heavy atom. The number of carboxylic acid groups (broad SMARTS) is 1. The van der Waals surface area contributed by atoms with Crippen LogP contribution in [0.1, 0.15) is 10.4 Å². The van der Waals surface area contributed by atoms with Gasteiger partial charge in [0.25, 0.3) is 0 Å². The van der Waals surface area contributed by atoms with Gasteiger partial charge in [0.15, 0.2) is 5.75 Å². The molecule has 0 aliphatic rings. The van der Waals surface area contributed by atoms with Crippen LogP contribution in [0.15, 0.2) is 6.07 Å². The summed E-state index contributed by atoms with van der Waals surface area (Å²) in [5.74, 6) is -1.78. The fraction of sp³-hybridized carbons (Fsp3) is 0.125. The van der Waals surface area contributed by atoms with Gasteiger partial charge in [-0.3, -0.25) is 0 Å². The first-order valence-corrected chi connectivity index (χ1v) is 4.22. The molecule has 6 heteroatoms. The summed E-state index contributed by atoms with van der Waals surface area (Å²) in [6, 6.07) is 1.12. The molecule has 0 saturated heterocycles. The number of benzene rings is 1. The van der Waals surface area contributed by atoms with Crippen LogP contribution in [-0.4, -0.2) is 23.3 Å². The number of carboxylic acids is 1. The van der Waals surface area contributed by atoms with Crippen molar-refractivity contribution in [2.24, 2.45) is 0 Å². The molecule has 0 aliphatic carbocycles. The number of carbonyl (C=O) groups is 1. The number of aromatic hydroxyl groups is 1. The largest absolute Gasteiger partial charge is 0.506 e. The quantitative estimate of drug-likeness (QED) is 0.828. The molecule has 0 aliphatic heterocycles. The Bertz CT molecular complexity index is 389. The maximum atomic E-state index is 10.8. The van der Waals surface area contributed by atoms with Crippen LogP contribution < -0.4 is 4.74 Å². The first-order valence-electron chi connectivity index (χ1n) is 3.47. The normalized spacial score (nSPS) is 9.93. The average molecular weight is 237 g/mol. The number of aromatic carboxylic acids is 1. The van der Waals surface area contributed by atoms with E-state index in [1.165, 1.54) is 7.11 Å². The Hall–Kier alpha value is -1.13. The third-order valence-electron chi connectivity index (χ3n) is 1.57. The minimum Gasteiger partial charge on any atom is -0.506 e. The van der Waals surface area contributed by atoms with Crippen LogP contribution in [0.3, 0.4) is 0 Å². The number of phenols is 1. The van der Waals surface area contributed by atoms with E-state index in [0.29, 0.717) is 0 Å². The molecule has 0 unspecified atom stereocenters. The van der Waals surface area contributed by atoms with E-state index in [9.17, 15) is 9.90 Å². The Morgan fingerprint density at radius 1 is 1.50 bits per heavy atom. The fourth-order valence-corrected chi connectivity index (χ4v) is 1.48. The molecule has 0 atom stereocenters. The predicted octanol–water partition coefficient (Wildman–Crippen LogP) is 2.41. The van der Waals surface area contributed by atoms with Crippen molar-refractivity contribution in [2.75, 3.05) is 7.11 Å². The van der Waals surface area contributed by atoms with Gasteiger partial charge >= 0.3 is 5.97 Å². The summed E-state index contributed by atoms with van der Waals surface area (Å²) in [6.07, 6.45) is 0. The molecular formula is C8H6Cl2O4. The van der Waals surface area contributed by atoms with Gasteiger partial charge in [0, 0.05) is 6.07 Å². The summed E-state index contributed by atoms with van der Waals surface area (Å²) in [5.41, 5.74) is -0.348. The predicted molar refractivity (Wildman–Crippen MR) is 51.6 cm³/mol. The van der Waals surface area contributed by atoms with Crippen molar-refractivity contribution < 1.29 is 19.7 Å². The van der Waals surface area contributed by atoms with Gasteiger partial charge in [0.1, 0.15) is 16.3 Å². The molecule has 0 bridgehead atoms. The maximum Gasteiger partial charge on any atom is 0.341 e. The Labute approximate surface area is 89.6 Å². The zero-order valence-corrected chi connectivity index (χ0v) is 8.56. The number of hydrogen-bond acceptors (Lipinski definition) is 3. The summed E-state index contributed by atoms with van der Waals surface area (Å²) < 4.78 is 4.76. The van der Waals surface area contributed by atoms with Crippen LogP contribution in [0.4, 0.5) is 0 Å². The van der Waals surface area contributed by atoms with E-state index in [4.69, 9.17) is 33.0 Å². The smallest absolute Gasteiger partial charge is 0.341 e. The van der Waals surface area contributed by atoms with Crippen LogP contribution in [0.2, 0.25) is 10.0 Å². The molecule has 2 N–H and O–H groups in total. The third-order valence-corrected chi connectivity index (χ3v) is 2.23. The van der Waals surface area contributed by atoms with Gasteiger partial charge < -0.3 is 14.9 Å². The van der Waals surface area contributed by atoms with E-state index in [0.717, 1.165) is 6.07 Å². The molecule has 0 amide bonds. The lowest BCUT2D eigenvalue weighted by Crippen LogP contribution is -2.02. The van der Waals surface area contributed by atoms with Crippen LogP contribution >= 0.6 is 23.2 Å². The Morgan fingerprint density at radius 2 is 2.07 bits per heavy atom. The molecule has 0 saturated carbocycles. The summed E-state index contributed by atoms with van der Waals surface area (Å²) in [7, 11) is 1.26. The van der Waals surface area contributed by atoms with Gasteiger partial charge in [-0.05, 0) is 0 Å². The highest BCUT2D eigenvalue weighted by Gasteiger charge is 2.21. The zero-order valence-electron chi connectivity index (χ0n) is 7.04. The van der Waals surface area contributed by atoms with Crippen molar-refractivity contribution in [1.29, 1.82) is 0 Å². The van der Waals surface area contributed by atoms with Gasteiger partial charge in [-0.25, -0.2) is 4.79 Å². The van der Waals surface area contributed by atoms with Gasteiger partial charge in [-0.1, -0.05) is 23.2 Å². The number of methoxy groups -OCH3 is 1. The lowest BCUT2D eigenvalue weighted by molar-refractivity contribution is 0.0693. The summed E-state index contributed by atoms with van der Waals surface area (Å²) in [6.45, 7) is 0. The Balaban J connectivity index is 3.56. The van der Waals surface area contributed by atoms with Crippen molar-refractivity contribution in [3.05, 3.63) is 21.7 Å². The molecule has 0 heterocycles. The van der Waals surface area contributed by atoms with E-state index in [1.54, 1.807) is 0 Å². The second-order valence-electron chi connectivity index (χ2n) is 2.40. The summed E-state index contributed by atoms with van der Waals surface area (Å²) in [5, 5.41) is 17.7. The second-order valence-corrected chi connectivity index (χ2v) is 3.19. The molecule has 1 rings (SSSR count). The van der Waals surface area contributed by atoms with Crippen molar-refractivity contribution in [1.82, 2.24) is 0 Å². The minimum absolute atomic E-state index is 0.00759. The topological polar surface area (TPSA) is 66.8 Å². The molecule has 0 fully saturated rings. The number of phenolic OH excluding ortho intramolecular Hbond substituents is 1. The van der Waals surface area contributed by atoms with Crippen molar-refractivity contribution in [3.63, 3.8) is 0 Å². The summed E-state index contributed by atoms with van der Waals surface area (Å²) in [4.78, 5) is 10.8. The highest BCUT2D eigenvalue weighted by molar-refractivity contribution is 6.38. The number of ether oxygens (including phenoxy) is 1. The molecule has 0 radical (unpaired) electrons. The van der Waals surface area contributed by atoms with Gasteiger partial charge in [-0.2, -0.15) is 0 Å². The van der Waals surface area contributed by atoms with Gasteiger partial charge in [0.2, 0.25) is 0 Å². The van der Waals surface area contributed by atoms with Gasteiger partial charge in [0.05, 0.1) is 12.1 Å². The fourth-order valence-electron chi connectivity index (χ4n) is 0.987.